The minimum atomic E-state index is -0.820. The molecule has 1 N–H and O–H groups in total. The second-order valence-corrected chi connectivity index (χ2v) is 5.68. The monoisotopic (exact) mass is 296 g/mol. The fourth-order valence-electron chi connectivity index (χ4n) is 1.67. The van der Waals surface area contributed by atoms with E-state index in [1.165, 1.54) is 0 Å². The SMILES string of the molecule is CC(C)(Cc1cc2cc(Br)ccc2o1)C(=O)O. The third-order valence-corrected chi connectivity index (χ3v) is 3.22. The normalized spacial score (nSPS) is 11.9. The molecule has 3 nitrogen and oxygen atoms in total. The van der Waals surface area contributed by atoms with Gasteiger partial charge in [0.2, 0.25) is 0 Å². The standard InChI is InChI=1S/C13H13BrO3/c1-13(2,12(15)16)7-10-6-8-5-9(14)3-4-11(8)17-10/h3-6H,7H2,1-2H3,(H,15,16). The highest BCUT2D eigenvalue weighted by Gasteiger charge is 2.28. The van der Waals surface area contributed by atoms with Gasteiger partial charge in [0, 0.05) is 16.3 Å². The van der Waals surface area contributed by atoms with Gasteiger partial charge in [-0.15, -0.1) is 0 Å². The Kier molecular flexibility index (Phi) is 3.00. The highest BCUT2D eigenvalue weighted by molar-refractivity contribution is 9.10. The first-order valence-electron chi connectivity index (χ1n) is 5.30. The van der Waals surface area contributed by atoms with Crippen molar-refractivity contribution in [2.24, 2.45) is 5.41 Å². The summed E-state index contributed by atoms with van der Waals surface area (Å²) in [6.07, 6.45) is 0.384. The molecule has 2 aromatic rings. The molecule has 0 aliphatic carbocycles. The number of halogens is 1. The van der Waals surface area contributed by atoms with E-state index in [0.717, 1.165) is 15.4 Å². The van der Waals surface area contributed by atoms with Crippen molar-refractivity contribution >= 4 is 32.9 Å². The van der Waals surface area contributed by atoms with Crippen LogP contribution in [-0.4, -0.2) is 11.1 Å². The van der Waals surface area contributed by atoms with Crippen LogP contribution in [0.25, 0.3) is 11.0 Å². The number of fused-ring (bicyclic) bond motifs is 1. The highest BCUT2D eigenvalue weighted by atomic mass is 79.9. The summed E-state index contributed by atoms with van der Waals surface area (Å²) in [6, 6.07) is 7.62. The Labute approximate surface area is 108 Å². The first-order chi connectivity index (χ1) is 7.88. The first kappa shape index (κ1) is 12.2. The molecule has 0 saturated heterocycles. The number of carboxylic acids is 1. The molecule has 1 aromatic carbocycles. The summed E-state index contributed by atoms with van der Waals surface area (Å²) in [5, 5.41) is 10.1. The Hall–Kier alpha value is -1.29. The van der Waals surface area contributed by atoms with Crippen LogP contribution in [0.4, 0.5) is 0 Å². The summed E-state index contributed by atoms with van der Waals surface area (Å²) in [4.78, 5) is 11.0. The molecule has 0 fully saturated rings. The molecule has 0 aliphatic heterocycles. The Morgan fingerprint density at radius 3 is 2.76 bits per heavy atom. The Morgan fingerprint density at radius 2 is 2.12 bits per heavy atom. The first-order valence-corrected chi connectivity index (χ1v) is 6.09. The molecule has 1 aromatic heterocycles. The van der Waals surface area contributed by atoms with Gasteiger partial charge in [-0.2, -0.15) is 0 Å². The van der Waals surface area contributed by atoms with Crippen molar-refractivity contribution in [3.63, 3.8) is 0 Å². The molecule has 0 bridgehead atoms. The predicted molar refractivity (Wildman–Crippen MR) is 69.0 cm³/mol. The maximum absolute atomic E-state index is 11.0. The lowest BCUT2D eigenvalue weighted by atomic mass is 9.88. The molecule has 0 atom stereocenters. The maximum Gasteiger partial charge on any atom is 0.309 e. The van der Waals surface area contributed by atoms with Crippen molar-refractivity contribution in [2.45, 2.75) is 20.3 Å². The zero-order chi connectivity index (χ0) is 12.6. The van der Waals surface area contributed by atoms with E-state index >= 15 is 0 Å². The zero-order valence-electron chi connectivity index (χ0n) is 9.66. The van der Waals surface area contributed by atoms with Crippen LogP contribution in [0, 0.1) is 5.41 Å². The molecular formula is C13H13BrO3. The predicted octanol–water partition coefficient (Wildman–Crippen LogP) is 3.85. The molecule has 0 aliphatic rings. The number of hydrogen-bond acceptors (Lipinski definition) is 2. The summed E-state index contributed by atoms with van der Waals surface area (Å²) in [7, 11) is 0. The second kappa shape index (κ2) is 4.18. The van der Waals surface area contributed by atoms with Gasteiger partial charge < -0.3 is 9.52 Å². The lowest BCUT2D eigenvalue weighted by Crippen LogP contribution is -2.25. The van der Waals surface area contributed by atoms with Crippen LogP contribution in [0.2, 0.25) is 0 Å². The van der Waals surface area contributed by atoms with E-state index in [0.29, 0.717) is 12.2 Å². The molecular weight excluding hydrogens is 284 g/mol. The number of hydrogen-bond donors (Lipinski definition) is 1. The van der Waals surface area contributed by atoms with Gasteiger partial charge in [-0.05, 0) is 38.1 Å². The summed E-state index contributed by atoms with van der Waals surface area (Å²) in [6.45, 7) is 3.39. The minimum Gasteiger partial charge on any atom is -0.481 e. The van der Waals surface area contributed by atoms with Gasteiger partial charge >= 0.3 is 5.97 Å². The summed E-state index contributed by atoms with van der Waals surface area (Å²) >= 11 is 3.39. The Balaban J connectivity index is 2.34. The molecule has 90 valence electrons. The van der Waals surface area contributed by atoms with Gasteiger partial charge in [0.15, 0.2) is 0 Å². The number of benzene rings is 1. The van der Waals surface area contributed by atoms with Crippen LogP contribution in [0.15, 0.2) is 33.2 Å². The van der Waals surface area contributed by atoms with E-state index in [9.17, 15) is 4.79 Å². The van der Waals surface area contributed by atoms with Crippen molar-refractivity contribution in [1.82, 2.24) is 0 Å². The molecule has 0 radical (unpaired) electrons. The second-order valence-electron chi connectivity index (χ2n) is 4.76. The van der Waals surface area contributed by atoms with E-state index in [2.05, 4.69) is 15.9 Å². The highest BCUT2D eigenvalue weighted by Crippen LogP contribution is 2.28. The number of carboxylic acid groups (broad SMARTS) is 1. The van der Waals surface area contributed by atoms with Gasteiger partial charge in [-0.25, -0.2) is 0 Å². The lowest BCUT2D eigenvalue weighted by molar-refractivity contribution is -0.147. The zero-order valence-corrected chi connectivity index (χ0v) is 11.2. The number of furan rings is 1. The van der Waals surface area contributed by atoms with Crippen LogP contribution in [-0.2, 0) is 11.2 Å². The molecule has 4 heteroatoms. The average molecular weight is 297 g/mol. The molecule has 0 saturated carbocycles. The average Bonchev–Trinajstić information content (AvgIpc) is 2.57. The summed E-state index contributed by atoms with van der Waals surface area (Å²) in [5.41, 5.74) is -0.0325. The minimum absolute atomic E-state index is 0.384. The van der Waals surface area contributed by atoms with E-state index in [1.54, 1.807) is 13.8 Å². The molecule has 0 unspecified atom stereocenters. The van der Waals surface area contributed by atoms with E-state index in [-0.39, 0.29) is 0 Å². The molecule has 0 amide bonds. The molecule has 1 heterocycles. The largest absolute Gasteiger partial charge is 0.481 e. The smallest absolute Gasteiger partial charge is 0.309 e. The number of aliphatic carboxylic acids is 1. The quantitative estimate of drug-likeness (QED) is 0.936. The van der Waals surface area contributed by atoms with Crippen molar-refractivity contribution in [1.29, 1.82) is 0 Å². The van der Waals surface area contributed by atoms with E-state index in [4.69, 9.17) is 9.52 Å². The van der Waals surface area contributed by atoms with Crippen molar-refractivity contribution in [2.75, 3.05) is 0 Å². The third kappa shape index (κ3) is 2.52. The van der Waals surface area contributed by atoms with Gasteiger partial charge in [-0.1, -0.05) is 15.9 Å². The lowest BCUT2D eigenvalue weighted by Gasteiger charge is -2.16. The third-order valence-electron chi connectivity index (χ3n) is 2.72. The maximum atomic E-state index is 11.0. The van der Waals surface area contributed by atoms with Crippen LogP contribution >= 0.6 is 15.9 Å². The fraction of sp³-hybridized carbons (Fsp3) is 0.308. The van der Waals surface area contributed by atoms with Crippen LogP contribution in [0.1, 0.15) is 19.6 Å². The van der Waals surface area contributed by atoms with Gasteiger partial charge in [0.05, 0.1) is 5.41 Å². The summed E-state index contributed by atoms with van der Waals surface area (Å²) < 4.78 is 6.61. The molecule has 17 heavy (non-hydrogen) atoms. The van der Waals surface area contributed by atoms with Gasteiger partial charge in [0.1, 0.15) is 11.3 Å². The number of carbonyl (C=O) groups is 1. The fourth-order valence-corrected chi connectivity index (χ4v) is 2.05. The Morgan fingerprint density at radius 1 is 1.41 bits per heavy atom. The van der Waals surface area contributed by atoms with Crippen molar-refractivity contribution in [3.8, 4) is 0 Å². The van der Waals surface area contributed by atoms with Crippen LogP contribution in [0.3, 0.4) is 0 Å². The van der Waals surface area contributed by atoms with E-state index < -0.39 is 11.4 Å². The summed E-state index contributed by atoms with van der Waals surface area (Å²) in [5.74, 6) is -0.121. The van der Waals surface area contributed by atoms with Gasteiger partial charge in [-0.3, -0.25) is 4.79 Å². The van der Waals surface area contributed by atoms with Crippen molar-refractivity contribution in [3.05, 3.63) is 34.5 Å². The Bertz CT molecular complexity index is 569. The van der Waals surface area contributed by atoms with Crippen molar-refractivity contribution < 1.29 is 14.3 Å². The molecule has 0 spiro atoms. The molecule has 2 rings (SSSR count). The van der Waals surface area contributed by atoms with Crippen LogP contribution < -0.4 is 0 Å². The topological polar surface area (TPSA) is 50.4 Å². The van der Waals surface area contributed by atoms with Gasteiger partial charge in [0.25, 0.3) is 0 Å². The van der Waals surface area contributed by atoms with E-state index in [1.807, 2.05) is 24.3 Å². The van der Waals surface area contributed by atoms with Crippen LogP contribution in [0.5, 0.6) is 0 Å². The number of rotatable bonds is 3.